The Balaban J connectivity index is 1.65. The maximum absolute atomic E-state index is 11.7. The Kier molecular flexibility index (Phi) is 4.26. The number of fused-ring (bicyclic) bond motifs is 1. The van der Waals surface area contributed by atoms with Crippen molar-refractivity contribution in [2.75, 3.05) is 46.2 Å². The first-order valence-corrected chi connectivity index (χ1v) is 7.11. The Morgan fingerprint density at radius 1 is 1.24 bits per heavy atom. The van der Waals surface area contributed by atoms with E-state index in [1.54, 1.807) is 12.1 Å². The molecular formula is C15H19NO5. The van der Waals surface area contributed by atoms with Crippen LogP contribution in [0.1, 0.15) is 17.3 Å². The molecule has 1 saturated heterocycles. The van der Waals surface area contributed by atoms with Crippen LogP contribution < -0.4 is 14.2 Å². The Morgan fingerprint density at radius 2 is 1.95 bits per heavy atom. The minimum atomic E-state index is -0.0466. The Labute approximate surface area is 123 Å². The van der Waals surface area contributed by atoms with Gasteiger partial charge in [0.05, 0.1) is 18.8 Å². The minimum absolute atomic E-state index is 0.0466. The van der Waals surface area contributed by atoms with Gasteiger partial charge in [-0.2, -0.15) is 0 Å². The van der Waals surface area contributed by atoms with Gasteiger partial charge in [0.1, 0.15) is 12.4 Å². The SMILES string of the molecule is CC(=O)c1cc2c(cc1OCCN1CCOCC1)OCO2. The zero-order valence-corrected chi connectivity index (χ0v) is 12.1. The molecule has 6 nitrogen and oxygen atoms in total. The fourth-order valence-electron chi connectivity index (χ4n) is 2.43. The topological polar surface area (TPSA) is 57.2 Å². The molecule has 2 heterocycles. The van der Waals surface area contributed by atoms with Crippen molar-refractivity contribution in [1.29, 1.82) is 0 Å². The largest absolute Gasteiger partial charge is 0.491 e. The van der Waals surface area contributed by atoms with Gasteiger partial charge >= 0.3 is 0 Å². The second kappa shape index (κ2) is 6.32. The lowest BCUT2D eigenvalue weighted by molar-refractivity contribution is 0.0322. The molecule has 0 aliphatic carbocycles. The van der Waals surface area contributed by atoms with Crippen LogP contribution in [0.4, 0.5) is 0 Å². The van der Waals surface area contributed by atoms with E-state index in [0.717, 1.165) is 32.8 Å². The zero-order valence-electron chi connectivity index (χ0n) is 12.1. The standard InChI is InChI=1S/C15H19NO5/c1-11(17)12-8-14-15(21-10-20-14)9-13(12)19-7-4-16-2-5-18-6-3-16/h8-9H,2-7,10H2,1H3. The number of benzene rings is 1. The Morgan fingerprint density at radius 3 is 2.67 bits per heavy atom. The van der Waals surface area contributed by atoms with Crippen molar-refractivity contribution in [3.05, 3.63) is 17.7 Å². The predicted molar refractivity (Wildman–Crippen MR) is 75.3 cm³/mol. The zero-order chi connectivity index (χ0) is 14.7. The van der Waals surface area contributed by atoms with E-state index >= 15 is 0 Å². The summed E-state index contributed by atoms with van der Waals surface area (Å²) in [6, 6.07) is 3.42. The molecule has 0 N–H and O–H groups in total. The van der Waals surface area contributed by atoms with Crippen molar-refractivity contribution in [2.45, 2.75) is 6.92 Å². The molecule has 0 atom stereocenters. The van der Waals surface area contributed by atoms with E-state index in [2.05, 4.69) is 4.90 Å². The molecule has 0 aromatic heterocycles. The summed E-state index contributed by atoms with van der Waals surface area (Å²) in [6.07, 6.45) is 0. The van der Waals surface area contributed by atoms with Gasteiger partial charge in [0, 0.05) is 25.7 Å². The van der Waals surface area contributed by atoms with Crippen molar-refractivity contribution in [1.82, 2.24) is 4.90 Å². The first-order valence-electron chi connectivity index (χ1n) is 7.11. The van der Waals surface area contributed by atoms with Crippen LogP contribution in [-0.2, 0) is 4.74 Å². The summed E-state index contributed by atoms with van der Waals surface area (Å²) in [5.41, 5.74) is 0.529. The maximum atomic E-state index is 11.7. The van der Waals surface area contributed by atoms with Gasteiger partial charge in [-0.1, -0.05) is 0 Å². The van der Waals surface area contributed by atoms with Gasteiger partial charge in [-0.05, 0) is 13.0 Å². The molecule has 0 unspecified atom stereocenters. The molecule has 114 valence electrons. The lowest BCUT2D eigenvalue weighted by Gasteiger charge is -2.26. The van der Waals surface area contributed by atoms with Crippen molar-refractivity contribution in [3.8, 4) is 17.2 Å². The van der Waals surface area contributed by atoms with Crippen LogP contribution in [0.3, 0.4) is 0 Å². The lowest BCUT2D eigenvalue weighted by Crippen LogP contribution is -2.38. The Bertz CT molecular complexity index is 525. The van der Waals surface area contributed by atoms with Gasteiger partial charge in [0.15, 0.2) is 17.3 Å². The van der Waals surface area contributed by atoms with E-state index in [0.29, 0.717) is 29.4 Å². The number of carbonyl (C=O) groups excluding carboxylic acids is 1. The van der Waals surface area contributed by atoms with Crippen LogP contribution in [0.15, 0.2) is 12.1 Å². The van der Waals surface area contributed by atoms with Gasteiger partial charge in [-0.25, -0.2) is 0 Å². The summed E-state index contributed by atoms with van der Waals surface area (Å²) in [7, 11) is 0. The second-order valence-corrected chi connectivity index (χ2v) is 5.06. The first-order chi connectivity index (χ1) is 10.2. The van der Waals surface area contributed by atoms with E-state index in [1.165, 1.54) is 6.92 Å². The van der Waals surface area contributed by atoms with Gasteiger partial charge < -0.3 is 18.9 Å². The van der Waals surface area contributed by atoms with E-state index in [-0.39, 0.29) is 12.6 Å². The number of carbonyl (C=O) groups is 1. The van der Waals surface area contributed by atoms with Crippen molar-refractivity contribution >= 4 is 5.78 Å². The highest BCUT2D eigenvalue weighted by atomic mass is 16.7. The number of hydrogen-bond donors (Lipinski definition) is 0. The number of ether oxygens (including phenoxy) is 4. The highest BCUT2D eigenvalue weighted by Crippen LogP contribution is 2.38. The molecular weight excluding hydrogens is 274 g/mol. The molecule has 2 aliphatic rings. The minimum Gasteiger partial charge on any atom is -0.491 e. The van der Waals surface area contributed by atoms with Crippen molar-refractivity contribution in [3.63, 3.8) is 0 Å². The maximum Gasteiger partial charge on any atom is 0.231 e. The average Bonchev–Trinajstić information content (AvgIpc) is 2.94. The van der Waals surface area contributed by atoms with Gasteiger partial charge in [-0.15, -0.1) is 0 Å². The number of ketones is 1. The molecule has 1 fully saturated rings. The number of nitrogens with zero attached hydrogens (tertiary/aromatic N) is 1. The van der Waals surface area contributed by atoms with Crippen LogP contribution in [0, 0.1) is 0 Å². The molecule has 0 amide bonds. The smallest absolute Gasteiger partial charge is 0.231 e. The van der Waals surface area contributed by atoms with Crippen LogP contribution in [0.5, 0.6) is 17.2 Å². The third kappa shape index (κ3) is 3.28. The first kappa shape index (κ1) is 14.2. The van der Waals surface area contributed by atoms with Crippen molar-refractivity contribution < 1.29 is 23.7 Å². The molecule has 0 radical (unpaired) electrons. The summed E-state index contributed by atoms with van der Waals surface area (Å²) in [5, 5.41) is 0. The highest BCUT2D eigenvalue weighted by Gasteiger charge is 2.20. The third-order valence-corrected chi connectivity index (χ3v) is 3.62. The molecule has 0 saturated carbocycles. The van der Waals surface area contributed by atoms with E-state index in [4.69, 9.17) is 18.9 Å². The number of rotatable bonds is 5. The summed E-state index contributed by atoms with van der Waals surface area (Å²) < 4.78 is 21.7. The van der Waals surface area contributed by atoms with Gasteiger partial charge in [0.25, 0.3) is 0 Å². The summed E-state index contributed by atoms with van der Waals surface area (Å²) in [5.74, 6) is 1.73. The molecule has 0 bridgehead atoms. The number of Topliss-reactive ketones (excluding diaryl/α,β-unsaturated/α-hetero) is 1. The summed E-state index contributed by atoms with van der Waals surface area (Å²) in [6.45, 7) is 6.42. The lowest BCUT2D eigenvalue weighted by atomic mass is 10.1. The molecule has 2 aliphatic heterocycles. The molecule has 1 aromatic carbocycles. The number of hydrogen-bond acceptors (Lipinski definition) is 6. The van der Waals surface area contributed by atoms with Gasteiger partial charge in [0.2, 0.25) is 6.79 Å². The van der Waals surface area contributed by atoms with Crippen LogP contribution >= 0.6 is 0 Å². The van der Waals surface area contributed by atoms with Crippen LogP contribution in [0.25, 0.3) is 0 Å². The highest BCUT2D eigenvalue weighted by molar-refractivity contribution is 5.97. The molecule has 3 rings (SSSR count). The van der Waals surface area contributed by atoms with Crippen LogP contribution in [0.2, 0.25) is 0 Å². The van der Waals surface area contributed by atoms with E-state index in [1.807, 2.05) is 0 Å². The van der Waals surface area contributed by atoms with Gasteiger partial charge in [-0.3, -0.25) is 9.69 Å². The fraction of sp³-hybridized carbons (Fsp3) is 0.533. The monoisotopic (exact) mass is 293 g/mol. The second-order valence-electron chi connectivity index (χ2n) is 5.06. The molecule has 0 spiro atoms. The average molecular weight is 293 g/mol. The fourth-order valence-corrected chi connectivity index (χ4v) is 2.43. The molecule has 1 aromatic rings. The third-order valence-electron chi connectivity index (χ3n) is 3.62. The van der Waals surface area contributed by atoms with Crippen molar-refractivity contribution in [2.24, 2.45) is 0 Å². The van der Waals surface area contributed by atoms with Crippen LogP contribution in [-0.4, -0.2) is 56.9 Å². The predicted octanol–water partition coefficient (Wildman–Crippen LogP) is 1.33. The number of morpholine rings is 1. The van der Waals surface area contributed by atoms with E-state index in [9.17, 15) is 4.79 Å². The molecule has 21 heavy (non-hydrogen) atoms. The Hall–Kier alpha value is -1.79. The normalized spacial score (nSPS) is 17.8. The quantitative estimate of drug-likeness (QED) is 0.763. The molecule has 6 heteroatoms. The summed E-state index contributed by atoms with van der Waals surface area (Å²) in [4.78, 5) is 14.0. The van der Waals surface area contributed by atoms with E-state index < -0.39 is 0 Å². The summed E-state index contributed by atoms with van der Waals surface area (Å²) >= 11 is 0.